The molecule has 5 heteroatoms. The molecule has 0 N–H and O–H groups in total. The molecule has 3 heterocycles. The molecule has 3 saturated heterocycles. The van der Waals surface area contributed by atoms with Crippen molar-refractivity contribution in [1.29, 1.82) is 0 Å². The first-order valence-corrected chi connectivity index (χ1v) is 7.22. The normalized spacial score (nSPS) is 41.0. The molecule has 0 radical (unpaired) electrons. The number of hydrogen-bond acceptors (Lipinski definition) is 5. The molecular formula is C16H18O5. The summed E-state index contributed by atoms with van der Waals surface area (Å²) in [7, 11) is 0. The lowest BCUT2D eigenvalue weighted by molar-refractivity contribution is -0.306. The van der Waals surface area contributed by atoms with Gasteiger partial charge in [-0.3, -0.25) is 0 Å². The number of ether oxygens (including phenoxy) is 5. The Morgan fingerprint density at radius 1 is 1.10 bits per heavy atom. The van der Waals surface area contributed by atoms with Gasteiger partial charge in [-0.05, 0) is 0 Å². The highest BCUT2D eigenvalue weighted by molar-refractivity contribution is 5.17. The fourth-order valence-electron chi connectivity index (χ4n) is 2.90. The van der Waals surface area contributed by atoms with E-state index < -0.39 is 0 Å². The largest absolute Gasteiger partial charge is 0.361 e. The molecule has 0 aromatic heterocycles. The molecule has 0 bridgehead atoms. The first-order chi connectivity index (χ1) is 10.4. The molecule has 0 amide bonds. The maximum absolute atomic E-state index is 6.04. The maximum Gasteiger partial charge on any atom is 0.187 e. The van der Waals surface area contributed by atoms with E-state index >= 15 is 0 Å². The smallest absolute Gasteiger partial charge is 0.187 e. The van der Waals surface area contributed by atoms with Crippen LogP contribution in [0.25, 0.3) is 0 Å². The van der Waals surface area contributed by atoms with E-state index in [1.54, 1.807) is 6.08 Å². The van der Waals surface area contributed by atoms with Crippen LogP contribution in [0.5, 0.6) is 0 Å². The Morgan fingerprint density at radius 3 is 2.76 bits per heavy atom. The van der Waals surface area contributed by atoms with E-state index in [4.69, 9.17) is 23.7 Å². The van der Waals surface area contributed by atoms with Crippen molar-refractivity contribution in [2.75, 3.05) is 13.2 Å². The molecular weight excluding hydrogens is 272 g/mol. The molecule has 0 saturated carbocycles. The zero-order chi connectivity index (χ0) is 14.2. The molecule has 3 aliphatic heterocycles. The van der Waals surface area contributed by atoms with Crippen LogP contribution in [0.3, 0.4) is 0 Å². The summed E-state index contributed by atoms with van der Waals surface area (Å²) in [4.78, 5) is 0. The topological polar surface area (TPSA) is 49.5 Å². The van der Waals surface area contributed by atoms with Crippen molar-refractivity contribution in [2.45, 2.75) is 37.0 Å². The van der Waals surface area contributed by atoms with Gasteiger partial charge in [0.15, 0.2) is 12.6 Å². The average molecular weight is 290 g/mol. The van der Waals surface area contributed by atoms with E-state index in [0.29, 0.717) is 13.2 Å². The molecule has 1 aromatic rings. The number of benzene rings is 1. The molecule has 0 aliphatic carbocycles. The maximum atomic E-state index is 6.04. The highest BCUT2D eigenvalue weighted by Gasteiger charge is 2.60. The van der Waals surface area contributed by atoms with Crippen molar-refractivity contribution in [2.24, 2.45) is 0 Å². The van der Waals surface area contributed by atoms with Gasteiger partial charge < -0.3 is 23.7 Å². The fourth-order valence-corrected chi connectivity index (χ4v) is 2.90. The Kier molecular flexibility index (Phi) is 3.52. The second-order valence-corrected chi connectivity index (χ2v) is 5.41. The molecule has 1 unspecified atom stereocenters. The summed E-state index contributed by atoms with van der Waals surface area (Å²) in [6.45, 7) is 4.56. The molecule has 3 aliphatic rings. The quantitative estimate of drug-likeness (QED) is 0.625. The average Bonchev–Trinajstić information content (AvgIpc) is 3.34. The van der Waals surface area contributed by atoms with Gasteiger partial charge in [-0.15, -0.1) is 6.58 Å². The van der Waals surface area contributed by atoms with E-state index in [2.05, 4.69) is 6.58 Å². The molecule has 1 aromatic carbocycles. The van der Waals surface area contributed by atoms with Crippen LogP contribution in [0.4, 0.5) is 0 Å². The van der Waals surface area contributed by atoms with Crippen molar-refractivity contribution in [3.63, 3.8) is 0 Å². The van der Waals surface area contributed by atoms with E-state index in [0.717, 1.165) is 5.56 Å². The van der Waals surface area contributed by atoms with Gasteiger partial charge >= 0.3 is 0 Å². The van der Waals surface area contributed by atoms with Crippen LogP contribution in [0.1, 0.15) is 11.9 Å². The second kappa shape index (κ2) is 5.51. The summed E-state index contributed by atoms with van der Waals surface area (Å²) in [6.07, 6.45) is 0.739. The highest BCUT2D eigenvalue weighted by atomic mass is 16.8. The second-order valence-electron chi connectivity index (χ2n) is 5.41. The Balaban J connectivity index is 1.43. The zero-order valence-electron chi connectivity index (χ0n) is 11.6. The minimum absolute atomic E-state index is 0.0358. The first-order valence-electron chi connectivity index (χ1n) is 7.22. The van der Waals surface area contributed by atoms with Gasteiger partial charge in [0.1, 0.15) is 24.4 Å². The predicted molar refractivity (Wildman–Crippen MR) is 73.5 cm³/mol. The highest BCUT2D eigenvalue weighted by Crippen LogP contribution is 2.43. The summed E-state index contributed by atoms with van der Waals surface area (Å²) >= 11 is 0. The van der Waals surface area contributed by atoms with Gasteiger partial charge in [-0.2, -0.15) is 0 Å². The summed E-state index contributed by atoms with van der Waals surface area (Å²) in [5.41, 5.74) is 1.01. The number of fused-ring (bicyclic) bond motifs is 3. The Morgan fingerprint density at radius 2 is 1.95 bits per heavy atom. The molecule has 21 heavy (non-hydrogen) atoms. The van der Waals surface area contributed by atoms with Crippen LogP contribution in [0.15, 0.2) is 43.0 Å². The third kappa shape index (κ3) is 2.52. The molecule has 4 rings (SSSR count). The van der Waals surface area contributed by atoms with Crippen molar-refractivity contribution < 1.29 is 23.7 Å². The summed E-state index contributed by atoms with van der Waals surface area (Å²) in [5.74, 6) is 0. The van der Waals surface area contributed by atoms with Crippen molar-refractivity contribution in [1.82, 2.24) is 0 Å². The number of rotatable bonds is 4. The van der Waals surface area contributed by atoms with Crippen LogP contribution >= 0.6 is 0 Å². The van der Waals surface area contributed by atoms with Crippen LogP contribution in [-0.4, -0.2) is 43.9 Å². The first kappa shape index (κ1) is 13.4. The molecule has 3 fully saturated rings. The van der Waals surface area contributed by atoms with Crippen molar-refractivity contribution in [3.8, 4) is 0 Å². The molecule has 6 atom stereocenters. The van der Waals surface area contributed by atoms with Gasteiger partial charge in [0.25, 0.3) is 0 Å². The van der Waals surface area contributed by atoms with Crippen LogP contribution < -0.4 is 0 Å². The number of hydrogen-bond donors (Lipinski definition) is 0. The number of epoxide rings is 1. The van der Waals surface area contributed by atoms with E-state index in [-0.39, 0.29) is 37.0 Å². The molecule has 0 spiro atoms. The summed E-state index contributed by atoms with van der Waals surface area (Å²) in [6, 6.07) is 9.91. The SMILES string of the molecule is C=CCO[C@@H]1O[C@@H]2COC(c3ccccc3)O[C@@H]2[C@H]2O[C@@H]12. The lowest BCUT2D eigenvalue weighted by atomic mass is 10.0. The minimum Gasteiger partial charge on any atom is -0.361 e. The lowest BCUT2D eigenvalue weighted by Gasteiger charge is -2.39. The predicted octanol–water partition coefficient (Wildman–Crippen LogP) is 1.80. The standard InChI is InChI=1S/C16H18O5/c1-2-8-17-16-14-13(20-14)12-11(19-16)9-18-15(21-12)10-6-4-3-5-7-10/h2-7,11-16H,1,8-9H2/t11-,12+,13-,14-,15?,16-/m1/s1. The third-order valence-electron chi connectivity index (χ3n) is 3.97. The Hall–Kier alpha value is -1.24. The fraction of sp³-hybridized carbons (Fsp3) is 0.500. The van der Waals surface area contributed by atoms with Gasteiger partial charge in [0, 0.05) is 5.56 Å². The van der Waals surface area contributed by atoms with Crippen LogP contribution in [0, 0.1) is 0 Å². The lowest BCUT2D eigenvalue weighted by Crippen LogP contribution is -2.52. The van der Waals surface area contributed by atoms with Gasteiger partial charge in [0.2, 0.25) is 0 Å². The molecule has 5 nitrogen and oxygen atoms in total. The van der Waals surface area contributed by atoms with Crippen LogP contribution in [0.2, 0.25) is 0 Å². The van der Waals surface area contributed by atoms with Crippen molar-refractivity contribution >= 4 is 0 Å². The van der Waals surface area contributed by atoms with Crippen molar-refractivity contribution in [3.05, 3.63) is 48.6 Å². The third-order valence-corrected chi connectivity index (χ3v) is 3.97. The van der Waals surface area contributed by atoms with Gasteiger partial charge in [-0.1, -0.05) is 36.4 Å². The Bertz CT molecular complexity index is 505. The Labute approximate surface area is 123 Å². The van der Waals surface area contributed by atoms with Gasteiger partial charge in [-0.25, -0.2) is 0 Å². The van der Waals surface area contributed by atoms with Gasteiger partial charge in [0.05, 0.1) is 13.2 Å². The summed E-state index contributed by atoms with van der Waals surface area (Å²) < 4.78 is 28.9. The zero-order valence-corrected chi connectivity index (χ0v) is 11.6. The minimum atomic E-state index is -0.355. The van der Waals surface area contributed by atoms with E-state index in [1.165, 1.54) is 0 Å². The van der Waals surface area contributed by atoms with Crippen LogP contribution in [-0.2, 0) is 23.7 Å². The monoisotopic (exact) mass is 290 g/mol. The van der Waals surface area contributed by atoms with E-state index in [1.807, 2.05) is 30.3 Å². The summed E-state index contributed by atoms with van der Waals surface area (Å²) in [5, 5.41) is 0. The van der Waals surface area contributed by atoms with E-state index in [9.17, 15) is 0 Å². The molecule has 112 valence electrons.